The average Bonchev–Trinajstić information content (AvgIpc) is 2.53. The van der Waals surface area contributed by atoms with Crippen LogP contribution in [0.1, 0.15) is 45.1 Å². The highest BCUT2D eigenvalue weighted by molar-refractivity contribution is 5.96. The Hall–Kier alpha value is -2.64. The Morgan fingerprint density at radius 3 is 2.44 bits per heavy atom. The van der Waals surface area contributed by atoms with E-state index in [1.54, 1.807) is 32.9 Å². The molecule has 0 radical (unpaired) electrons. The fourth-order valence-corrected chi connectivity index (χ4v) is 3.15. The van der Waals surface area contributed by atoms with Gasteiger partial charge in [-0.3, -0.25) is 9.59 Å². The van der Waals surface area contributed by atoms with Crippen molar-refractivity contribution in [2.24, 2.45) is 5.73 Å². The van der Waals surface area contributed by atoms with Crippen molar-refractivity contribution in [3.63, 3.8) is 0 Å². The topological polar surface area (TPSA) is 102 Å². The lowest BCUT2D eigenvalue weighted by Crippen LogP contribution is -2.54. The van der Waals surface area contributed by atoms with Crippen LogP contribution in [0, 0.1) is 5.82 Å². The van der Waals surface area contributed by atoms with E-state index in [0.29, 0.717) is 13.0 Å². The van der Waals surface area contributed by atoms with Gasteiger partial charge in [-0.15, -0.1) is 0 Å². The van der Waals surface area contributed by atoms with Gasteiger partial charge in [-0.05, 0) is 44.9 Å². The third-order valence-corrected chi connectivity index (χ3v) is 4.29. The lowest BCUT2D eigenvalue weighted by Gasteiger charge is -2.39. The normalized spacial score (nSPS) is 20.1. The number of primary amides is 1. The molecule has 0 spiro atoms. The number of piperidine rings is 1. The Balaban J connectivity index is 2.17. The number of likely N-dealkylation sites (tertiary alicyclic amines) is 1. The monoisotopic (exact) mass is 379 g/mol. The van der Waals surface area contributed by atoms with Crippen LogP contribution < -0.4 is 11.1 Å². The second kappa shape index (κ2) is 8.37. The molecule has 1 aromatic rings. The van der Waals surface area contributed by atoms with Crippen molar-refractivity contribution in [2.45, 2.75) is 51.2 Å². The third kappa shape index (κ3) is 6.23. The van der Waals surface area contributed by atoms with Crippen LogP contribution in [0.2, 0.25) is 0 Å². The highest BCUT2D eigenvalue weighted by atomic mass is 19.1. The first-order valence-electron chi connectivity index (χ1n) is 8.86. The van der Waals surface area contributed by atoms with Gasteiger partial charge in [0.05, 0.1) is 6.04 Å². The van der Waals surface area contributed by atoms with Crippen LogP contribution in [0.4, 0.5) is 9.18 Å². The molecule has 2 rings (SSSR count). The lowest BCUT2D eigenvalue weighted by molar-refractivity contribution is -0.136. The minimum Gasteiger partial charge on any atom is -0.444 e. The summed E-state index contributed by atoms with van der Waals surface area (Å²) in [6.07, 6.45) is -0.416. The number of nitrogens with one attached hydrogen (secondary N) is 1. The van der Waals surface area contributed by atoms with E-state index >= 15 is 0 Å². The maximum absolute atomic E-state index is 13.2. The molecule has 0 saturated carbocycles. The molecule has 148 valence electrons. The highest BCUT2D eigenvalue weighted by Gasteiger charge is 2.34. The average molecular weight is 379 g/mol. The summed E-state index contributed by atoms with van der Waals surface area (Å²) in [6.45, 7) is 5.91. The Morgan fingerprint density at radius 2 is 1.89 bits per heavy atom. The van der Waals surface area contributed by atoms with Crippen LogP contribution in [0.25, 0.3) is 0 Å². The van der Waals surface area contributed by atoms with Crippen LogP contribution in [0.3, 0.4) is 0 Å². The van der Waals surface area contributed by atoms with Gasteiger partial charge in [0.25, 0.3) is 0 Å². The molecule has 3 amide bonds. The van der Waals surface area contributed by atoms with Crippen LogP contribution in [0.5, 0.6) is 0 Å². The summed E-state index contributed by atoms with van der Waals surface area (Å²) in [5.41, 5.74) is 5.31. The summed E-state index contributed by atoms with van der Waals surface area (Å²) in [6, 6.07) is 5.64. The number of carbonyl (C=O) groups excluding carboxylic acids is 3. The van der Waals surface area contributed by atoms with Crippen molar-refractivity contribution < 1.29 is 23.5 Å². The molecule has 1 fully saturated rings. The Morgan fingerprint density at radius 1 is 1.26 bits per heavy atom. The van der Waals surface area contributed by atoms with Gasteiger partial charge in [-0.2, -0.15) is 0 Å². The Kier molecular flexibility index (Phi) is 6.41. The van der Waals surface area contributed by atoms with E-state index < -0.39 is 23.6 Å². The van der Waals surface area contributed by atoms with Gasteiger partial charge in [0, 0.05) is 19.0 Å². The zero-order valence-electron chi connectivity index (χ0n) is 15.8. The van der Waals surface area contributed by atoms with Gasteiger partial charge < -0.3 is 20.7 Å². The number of nitrogens with zero attached hydrogens (tertiary/aromatic N) is 1. The second-order valence-electron chi connectivity index (χ2n) is 7.68. The molecule has 1 aliphatic rings. The summed E-state index contributed by atoms with van der Waals surface area (Å²) in [5.74, 6) is -1.53. The third-order valence-electron chi connectivity index (χ3n) is 4.29. The quantitative estimate of drug-likeness (QED) is 0.780. The van der Waals surface area contributed by atoms with Crippen molar-refractivity contribution in [2.75, 3.05) is 13.1 Å². The fourth-order valence-electron chi connectivity index (χ4n) is 3.15. The molecule has 1 heterocycles. The number of alkyl carbamates (subject to hydrolysis) is 1. The summed E-state index contributed by atoms with van der Waals surface area (Å²) < 4.78 is 18.6. The molecule has 2 atom stereocenters. The Labute approximate surface area is 158 Å². The molecule has 7 nitrogen and oxygen atoms in total. The maximum Gasteiger partial charge on any atom is 0.407 e. The molecule has 0 unspecified atom stereocenters. The summed E-state index contributed by atoms with van der Waals surface area (Å²) in [7, 11) is 0. The first-order valence-corrected chi connectivity index (χ1v) is 8.86. The SMILES string of the molecule is CC(C)(C)OC(=O)N[C@@H]1CN(C(=O)CC(N)=O)CC[C@H]1c1ccc(F)cc1. The van der Waals surface area contributed by atoms with E-state index in [0.717, 1.165) is 5.56 Å². The number of hydrogen-bond acceptors (Lipinski definition) is 4. The van der Waals surface area contributed by atoms with Gasteiger partial charge in [0.2, 0.25) is 11.8 Å². The van der Waals surface area contributed by atoms with Crippen molar-refractivity contribution >= 4 is 17.9 Å². The number of hydrogen-bond donors (Lipinski definition) is 2. The molecule has 1 saturated heterocycles. The standard InChI is InChI=1S/C19H26FN3O4/c1-19(2,3)27-18(26)22-15-11-23(17(25)10-16(21)24)9-8-14(15)12-4-6-13(20)7-5-12/h4-7,14-15H,8-11H2,1-3H3,(H2,21,24)(H,22,26)/t14-,15+/m0/s1. The number of halogens is 1. The van der Waals surface area contributed by atoms with E-state index in [-0.39, 0.29) is 30.6 Å². The van der Waals surface area contributed by atoms with E-state index in [1.165, 1.54) is 17.0 Å². The summed E-state index contributed by atoms with van der Waals surface area (Å²) in [5, 5.41) is 2.81. The fraction of sp³-hybridized carbons (Fsp3) is 0.526. The lowest BCUT2D eigenvalue weighted by atomic mass is 9.85. The van der Waals surface area contributed by atoms with E-state index in [1.807, 2.05) is 0 Å². The number of ether oxygens (including phenoxy) is 1. The predicted molar refractivity (Wildman–Crippen MR) is 97.3 cm³/mol. The van der Waals surface area contributed by atoms with Crippen LogP contribution in [-0.2, 0) is 14.3 Å². The van der Waals surface area contributed by atoms with E-state index in [9.17, 15) is 18.8 Å². The molecular weight excluding hydrogens is 353 g/mol. The maximum atomic E-state index is 13.2. The molecule has 1 aliphatic heterocycles. The van der Waals surface area contributed by atoms with Gasteiger partial charge in [-0.25, -0.2) is 9.18 Å². The minimum atomic E-state index is -0.697. The first-order chi connectivity index (χ1) is 12.5. The second-order valence-corrected chi connectivity index (χ2v) is 7.68. The zero-order valence-corrected chi connectivity index (χ0v) is 15.8. The smallest absolute Gasteiger partial charge is 0.407 e. The number of nitrogens with two attached hydrogens (primary N) is 1. The van der Waals surface area contributed by atoms with Gasteiger partial charge in [0.1, 0.15) is 17.8 Å². The van der Waals surface area contributed by atoms with Gasteiger partial charge >= 0.3 is 6.09 Å². The number of amides is 3. The van der Waals surface area contributed by atoms with Crippen LogP contribution >= 0.6 is 0 Å². The number of benzene rings is 1. The van der Waals surface area contributed by atoms with Crippen molar-refractivity contribution in [3.8, 4) is 0 Å². The van der Waals surface area contributed by atoms with E-state index in [2.05, 4.69) is 5.32 Å². The zero-order chi connectivity index (χ0) is 20.2. The van der Waals surface area contributed by atoms with Crippen molar-refractivity contribution in [3.05, 3.63) is 35.6 Å². The largest absolute Gasteiger partial charge is 0.444 e. The summed E-state index contributed by atoms with van der Waals surface area (Å²) >= 11 is 0. The van der Waals surface area contributed by atoms with E-state index in [4.69, 9.17) is 10.5 Å². The van der Waals surface area contributed by atoms with Crippen molar-refractivity contribution in [1.82, 2.24) is 10.2 Å². The predicted octanol–water partition coefficient (Wildman–Crippen LogP) is 1.91. The molecule has 1 aromatic carbocycles. The Bertz CT molecular complexity index is 700. The number of carbonyl (C=O) groups is 3. The van der Waals surface area contributed by atoms with Gasteiger partial charge in [0.15, 0.2) is 0 Å². The molecule has 0 aromatic heterocycles. The number of rotatable bonds is 4. The molecule has 0 aliphatic carbocycles. The van der Waals surface area contributed by atoms with Crippen molar-refractivity contribution in [1.29, 1.82) is 0 Å². The highest BCUT2D eigenvalue weighted by Crippen LogP contribution is 2.29. The van der Waals surface area contributed by atoms with Gasteiger partial charge in [-0.1, -0.05) is 12.1 Å². The first kappa shape index (κ1) is 20.7. The molecule has 3 N–H and O–H groups in total. The molecular formula is C19H26FN3O4. The van der Waals surface area contributed by atoms with Crippen LogP contribution in [-0.4, -0.2) is 47.5 Å². The molecule has 27 heavy (non-hydrogen) atoms. The minimum absolute atomic E-state index is 0.115. The summed E-state index contributed by atoms with van der Waals surface area (Å²) in [4.78, 5) is 37.0. The van der Waals surface area contributed by atoms with Crippen LogP contribution in [0.15, 0.2) is 24.3 Å². The molecule has 8 heteroatoms. The molecule has 0 bridgehead atoms.